The van der Waals surface area contributed by atoms with Crippen LogP contribution >= 0.6 is 15.9 Å². The van der Waals surface area contributed by atoms with Crippen molar-refractivity contribution < 1.29 is 4.79 Å². The van der Waals surface area contributed by atoms with Crippen LogP contribution in [0.1, 0.15) is 23.6 Å². The number of hydrogen-bond donors (Lipinski definition) is 0. The van der Waals surface area contributed by atoms with E-state index in [0.717, 1.165) is 10.0 Å². The Balaban J connectivity index is 3.10. The lowest BCUT2D eigenvalue weighted by Crippen LogP contribution is -2.00. The molecule has 0 amide bonds. The largest absolute Gasteiger partial charge is 0.300 e. The number of halogens is 1. The maximum atomic E-state index is 10.9. The Kier molecular flexibility index (Phi) is 3.26. The van der Waals surface area contributed by atoms with Crippen molar-refractivity contribution in [3.8, 4) is 0 Å². The van der Waals surface area contributed by atoms with Crippen molar-refractivity contribution in [1.82, 2.24) is 0 Å². The minimum Gasteiger partial charge on any atom is -0.300 e. The molecular weight excluding hydrogens is 228 g/mol. The second-order valence-electron chi connectivity index (χ2n) is 3.34. The minimum atomic E-state index is 0.213. The van der Waals surface area contributed by atoms with Gasteiger partial charge in [-0.15, -0.1) is 0 Å². The molecule has 0 aromatic heterocycles. The van der Waals surface area contributed by atoms with Gasteiger partial charge in [0.25, 0.3) is 0 Å². The summed E-state index contributed by atoms with van der Waals surface area (Å²) in [5.41, 5.74) is 3.57. The first-order chi connectivity index (χ1) is 6.02. The van der Waals surface area contributed by atoms with E-state index >= 15 is 0 Å². The van der Waals surface area contributed by atoms with Gasteiger partial charge in [0.1, 0.15) is 5.78 Å². The lowest BCUT2D eigenvalue weighted by molar-refractivity contribution is -0.116. The van der Waals surface area contributed by atoms with E-state index in [1.165, 1.54) is 11.1 Å². The topological polar surface area (TPSA) is 17.1 Å². The van der Waals surface area contributed by atoms with Crippen molar-refractivity contribution in [3.63, 3.8) is 0 Å². The maximum Gasteiger partial charge on any atom is 0.134 e. The average Bonchev–Trinajstić information content (AvgIpc) is 2.06. The van der Waals surface area contributed by atoms with E-state index in [1.807, 2.05) is 12.1 Å². The first-order valence-electron chi connectivity index (χ1n) is 4.26. The lowest BCUT2D eigenvalue weighted by Gasteiger charge is -2.08. The molecule has 0 saturated carbocycles. The quantitative estimate of drug-likeness (QED) is 0.777. The van der Waals surface area contributed by atoms with Gasteiger partial charge < -0.3 is 0 Å². The summed E-state index contributed by atoms with van der Waals surface area (Å²) in [5, 5.41) is 0. The number of carbonyl (C=O) groups excluding carboxylic acids is 1. The van der Waals surface area contributed by atoms with Gasteiger partial charge in [-0.2, -0.15) is 0 Å². The number of hydrogen-bond acceptors (Lipinski definition) is 1. The van der Waals surface area contributed by atoms with Gasteiger partial charge in [0.2, 0.25) is 0 Å². The van der Waals surface area contributed by atoms with Gasteiger partial charge >= 0.3 is 0 Å². The second kappa shape index (κ2) is 4.05. The molecule has 0 fully saturated rings. The highest BCUT2D eigenvalue weighted by Crippen LogP contribution is 2.22. The van der Waals surface area contributed by atoms with Gasteiger partial charge in [0.15, 0.2) is 0 Å². The molecule has 0 aliphatic carbocycles. The molecule has 0 spiro atoms. The molecule has 13 heavy (non-hydrogen) atoms. The van der Waals surface area contributed by atoms with Crippen LogP contribution in [0.3, 0.4) is 0 Å². The highest BCUT2D eigenvalue weighted by atomic mass is 79.9. The van der Waals surface area contributed by atoms with Crippen LogP contribution in [0.25, 0.3) is 0 Å². The first-order valence-corrected chi connectivity index (χ1v) is 5.05. The zero-order chi connectivity index (χ0) is 10.0. The maximum absolute atomic E-state index is 10.9. The Morgan fingerprint density at radius 3 is 2.46 bits per heavy atom. The minimum absolute atomic E-state index is 0.213. The Labute approximate surface area is 87.3 Å². The summed E-state index contributed by atoms with van der Waals surface area (Å²) in [5.74, 6) is 0.213. The van der Waals surface area contributed by atoms with E-state index in [2.05, 4.69) is 29.8 Å². The van der Waals surface area contributed by atoms with Crippen LogP contribution in [0.5, 0.6) is 0 Å². The molecule has 0 unspecified atom stereocenters. The normalized spacial score (nSPS) is 10.2. The van der Waals surface area contributed by atoms with E-state index in [0.29, 0.717) is 6.42 Å². The third-order valence-corrected chi connectivity index (χ3v) is 3.13. The van der Waals surface area contributed by atoms with Gasteiger partial charge in [-0.3, -0.25) is 4.79 Å². The molecule has 0 radical (unpaired) electrons. The smallest absolute Gasteiger partial charge is 0.134 e. The van der Waals surface area contributed by atoms with Crippen molar-refractivity contribution in [1.29, 1.82) is 0 Å². The van der Waals surface area contributed by atoms with E-state index in [9.17, 15) is 4.79 Å². The van der Waals surface area contributed by atoms with Gasteiger partial charge in [0.05, 0.1) is 0 Å². The van der Waals surface area contributed by atoms with Crippen molar-refractivity contribution in [2.75, 3.05) is 0 Å². The fourth-order valence-electron chi connectivity index (χ4n) is 1.30. The summed E-state index contributed by atoms with van der Waals surface area (Å²) in [6, 6.07) is 4.01. The summed E-state index contributed by atoms with van der Waals surface area (Å²) >= 11 is 3.46. The van der Waals surface area contributed by atoms with E-state index < -0.39 is 0 Å². The summed E-state index contributed by atoms with van der Waals surface area (Å²) in [6.45, 7) is 5.73. The van der Waals surface area contributed by atoms with Crippen LogP contribution in [0.15, 0.2) is 16.6 Å². The Hall–Kier alpha value is -0.630. The number of rotatable bonds is 2. The Bertz CT molecular complexity index is 342. The molecule has 1 aromatic carbocycles. The monoisotopic (exact) mass is 240 g/mol. The fourth-order valence-corrected chi connectivity index (χ4v) is 1.73. The van der Waals surface area contributed by atoms with Crippen molar-refractivity contribution in [2.24, 2.45) is 0 Å². The standard InChI is InChI=1S/C11H13BrO/c1-7(13)6-10-4-5-11(12)9(3)8(10)2/h4-5H,6H2,1-3H3. The molecule has 0 heterocycles. The zero-order valence-corrected chi connectivity index (χ0v) is 9.73. The predicted octanol–water partition coefficient (Wildman–Crippen LogP) is 3.20. The fraction of sp³-hybridized carbons (Fsp3) is 0.364. The summed E-state index contributed by atoms with van der Waals surface area (Å²) in [7, 11) is 0. The van der Waals surface area contributed by atoms with E-state index in [1.54, 1.807) is 6.92 Å². The molecular formula is C11H13BrO. The van der Waals surface area contributed by atoms with Crippen molar-refractivity contribution in [2.45, 2.75) is 27.2 Å². The summed E-state index contributed by atoms with van der Waals surface area (Å²) in [4.78, 5) is 10.9. The molecule has 0 saturated heterocycles. The first kappa shape index (κ1) is 10.5. The molecule has 1 nitrogen and oxygen atoms in total. The van der Waals surface area contributed by atoms with Crippen LogP contribution in [0.4, 0.5) is 0 Å². The second-order valence-corrected chi connectivity index (χ2v) is 4.19. The van der Waals surface area contributed by atoms with Crippen LogP contribution in [-0.4, -0.2) is 5.78 Å². The third-order valence-electron chi connectivity index (χ3n) is 2.27. The summed E-state index contributed by atoms with van der Waals surface area (Å²) in [6.07, 6.45) is 0.542. The van der Waals surface area contributed by atoms with Gasteiger partial charge in [-0.25, -0.2) is 0 Å². The Morgan fingerprint density at radius 2 is 1.92 bits per heavy atom. The van der Waals surface area contributed by atoms with E-state index in [-0.39, 0.29) is 5.78 Å². The molecule has 70 valence electrons. The molecule has 0 aliphatic rings. The van der Waals surface area contributed by atoms with Crippen LogP contribution in [-0.2, 0) is 11.2 Å². The van der Waals surface area contributed by atoms with E-state index in [4.69, 9.17) is 0 Å². The van der Waals surface area contributed by atoms with Gasteiger partial charge in [-0.1, -0.05) is 22.0 Å². The lowest BCUT2D eigenvalue weighted by atomic mass is 10.00. The SMILES string of the molecule is CC(=O)Cc1ccc(Br)c(C)c1C. The predicted molar refractivity (Wildman–Crippen MR) is 58.0 cm³/mol. The van der Waals surface area contributed by atoms with Crippen molar-refractivity contribution in [3.05, 3.63) is 33.3 Å². The molecule has 1 aromatic rings. The molecule has 0 atom stereocenters. The van der Waals surface area contributed by atoms with Gasteiger partial charge in [0, 0.05) is 10.9 Å². The highest BCUT2D eigenvalue weighted by Gasteiger charge is 2.05. The van der Waals surface area contributed by atoms with Crippen LogP contribution < -0.4 is 0 Å². The molecule has 0 N–H and O–H groups in total. The molecule has 0 bridgehead atoms. The molecule has 1 rings (SSSR count). The van der Waals surface area contributed by atoms with Gasteiger partial charge in [-0.05, 0) is 43.5 Å². The average molecular weight is 241 g/mol. The Morgan fingerprint density at radius 1 is 1.31 bits per heavy atom. The number of Topliss-reactive ketones (excluding diaryl/α,β-unsaturated/α-hetero) is 1. The zero-order valence-electron chi connectivity index (χ0n) is 8.15. The molecule has 0 aliphatic heterocycles. The number of benzene rings is 1. The van der Waals surface area contributed by atoms with Crippen LogP contribution in [0, 0.1) is 13.8 Å². The van der Waals surface area contributed by atoms with Crippen molar-refractivity contribution >= 4 is 21.7 Å². The highest BCUT2D eigenvalue weighted by molar-refractivity contribution is 9.10. The third kappa shape index (κ3) is 2.41. The summed E-state index contributed by atoms with van der Waals surface area (Å²) < 4.78 is 1.11. The number of ketones is 1. The number of carbonyl (C=O) groups is 1. The van der Waals surface area contributed by atoms with Crippen LogP contribution in [0.2, 0.25) is 0 Å². The molecule has 2 heteroatoms.